The fourth-order valence-corrected chi connectivity index (χ4v) is 1.80. The van der Waals surface area contributed by atoms with Gasteiger partial charge in [-0.1, -0.05) is 5.21 Å². The Balaban J connectivity index is 2.05. The van der Waals surface area contributed by atoms with Gasteiger partial charge in [0.15, 0.2) is 6.73 Å². The summed E-state index contributed by atoms with van der Waals surface area (Å²) in [5, 5.41) is 8.01. The maximum absolute atomic E-state index is 11.5. The van der Waals surface area contributed by atoms with Crippen molar-refractivity contribution in [3.8, 4) is 0 Å². The van der Waals surface area contributed by atoms with E-state index in [0.717, 1.165) is 22.2 Å². The number of carbonyl (C=O) groups is 2. The SMILES string of the molecule is CC(=O)CCC(=O)OCn1nnc2cc(C)c(C)cc21. The predicted octanol–water partition coefficient (Wildman–Crippen LogP) is 1.92. The van der Waals surface area contributed by atoms with Gasteiger partial charge in [0.2, 0.25) is 0 Å². The van der Waals surface area contributed by atoms with Crippen LogP contribution in [0.2, 0.25) is 0 Å². The fraction of sp³-hybridized carbons (Fsp3) is 0.429. The minimum Gasteiger partial charge on any atom is -0.442 e. The molecule has 106 valence electrons. The van der Waals surface area contributed by atoms with Crippen molar-refractivity contribution in [1.29, 1.82) is 0 Å². The number of benzene rings is 1. The summed E-state index contributed by atoms with van der Waals surface area (Å²) < 4.78 is 6.62. The van der Waals surface area contributed by atoms with Crippen LogP contribution in [0.15, 0.2) is 12.1 Å². The molecule has 0 atom stereocenters. The quantitative estimate of drug-likeness (QED) is 0.779. The highest BCUT2D eigenvalue weighted by atomic mass is 16.5. The van der Waals surface area contributed by atoms with Crippen LogP contribution in [0.4, 0.5) is 0 Å². The smallest absolute Gasteiger partial charge is 0.308 e. The molecule has 6 heteroatoms. The van der Waals surface area contributed by atoms with Gasteiger partial charge in [0, 0.05) is 6.42 Å². The van der Waals surface area contributed by atoms with Gasteiger partial charge in [-0.05, 0) is 44.0 Å². The minimum absolute atomic E-state index is 0.00966. The maximum atomic E-state index is 11.5. The number of nitrogens with zero attached hydrogens (tertiary/aromatic N) is 3. The molecule has 0 spiro atoms. The summed E-state index contributed by atoms with van der Waals surface area (Å²) in [6.07, 6.45) is 0.301. The lowest BCUT2D eigenvalue weighted by Gasteiger charge is -2.05. The monoisotopic (exact) mass is 275 g/mol. The number of hydrogen-bond acceptors (Lipinski definition) is 5. The fourth-order valence-electron chi connectivity index (χ4n) is 1.80. The lowest BCUT2D eigenvalue weighted by molar-refractivity contribution is -0.148. The van der Waals surface area contributed by atoms with Gasteiger partial charge in [-0.15, -0.1) is 5.10 Å². The molecule has 0 unspecified atom stereocenters. The average molecular weight is 275 g/mol. The summed E-state index contributed by atoms with van der Waals surface area (Å²) in [6, 6.07) is 3.92. The van der Waals surface area contributed by atoms with Crippen molar-refractivity contribution in [2.24, 2.45) is 0 Å². The van der Waals surface area contributed by atoms with Crippen LogP contribution in [0.3, 0.4) is 0 Å². The molecule has 20 heavy (non-hydrogen) atoms. The second-order valence-electron chi connectivity index (χ2n) is 4.86. The molecule has 6 nitrogen and oxygen atoms in total. The van der Waals surface area contributed by atoms with E-state index in [1.54, 1.807) is 0 Å². The highest BCUT2D eigenvalue weighted by Crippen LogP contribution is 2.17. The second kappa shape index (κ2) is 5.81. The summed E-state index contributed by atoms with van der Waals surface area (Å²) in [4.78, 5) is 22.3. The summed E-state index contributed by atoms with van der Waals surface area (Å²) in [6.45, 7) is 5.47. The van der Waals surface area contributed by atoms with Crippen molar-refractivity contribution in [2.45, 2.75) is 40.3 Å². The first-order chi connectivity index (χ1) is 9.47. The molecular formula is C14H17N3O3. The Hall–Kier alpha value is -2.24. The van der Waals surface area contributed by atoms with E-state index in [9.17, 15) is 9.59 Å². The highest BCUT2D eigenvalue weighted by Gasteiger charge is 2.09. The first kappa shape index (κ1) is 14.2. The molecule has 1 aromatic carbocycles. The van der Waals surface area contributed by atoms with Crippen LogP contribution in [0.1, 0.15) is 30.9 Å². The normalized spacial score (nSPS) is 10.8. The zero-order valence-corrected chi connectivity index (χ0v) is 11.8. The maximum Gasteiger partial charge on any atom is 0.308 e. The molecule has 1 aromatic heterocycles. The van der Waals surface area contributed by atoms with Crippen LogP contribution in [-0.2, 0) is 21.1 Å². The largest absolute Gasteiger partial charge is 0.442 e. The van der Waals surface area contributed by atoms with Gasteiger partial charge in [0.1, 0.15) is 11.3 Å². The highest BCUT2D eigenvalue weighted by molar-refractivity contribution is 5.81. The van der Waals surface area contributed by atoms with Crippen molar-refractivity contribution in [3.05, 3.63) is 23.3 Å². The minimum atomic E-state index is -0.410. The van der Waals surface area contributed by atoms with Crippen LogP contribution in [-0.4, -0.2) is 26.7 Å². The Kier molecular flexibility index (Phi) is 4.12. The van der Waals surface area contributed by atoms with Crippen molar-refractivity contribution in [2.75, 3.05) is 0 Å². The van der Waals surface area contributed by atoms with Gasteiger partial charge < -0.3 is 9.53 Å². The molecule has 0 aliphatic rings. The molecule has 0 amide bonds. The van der Waals surface area contributed by atoms with Gasteiger partial charge in [-0.25, -0.2) is 4.68 Å². The van der Waals surface area contributed by atoms with E-state index >= 15 is 0 Å². The molecule has 0 aliphatic heterocycles. The number of fused-ring (bicyclic) bond motifs is 1. The number of ketones is 1. The summed E-state index contributed by atoms with van der Waals surface area (Å²) >= 11 is 0. The number of esters is 1. The van der Waals surface area contributed by atoms with Crippen LogP contribution in [0.25, 0.3) is 11.0 Å². The Morgan fingerprint density at radius 2 is 1.90 bits per heavy atom. The van der Waals surface area contributed by atoms with Gasteiger partial charge in [-0.2, -0.15) is 0 Å². The van der Waals surface area contributed by atoms with Gasteiger partial charge in [-0.3, -0.25) is 4.79 Å². The molecule has 0 saturated carbocycles. The topological polar surface area (TPSA) is 74.1 Å². The third-order valence-corrected chi connectivity index (χ3v) is 3.16. The zero-order chi connectivity index (χ0) is 14.7. The third kappa shape index (κ3) is 3.20. The Bertz CT molecular complexity index is 661. The molecular weight excluding hydrogens is 258 g/mol. The lowest BCUT2D eigenvalue weighted by Crippen LogP contribution is -2.11. The first-order valence-corrected chi connectivity index (χ1v) is 6.43. The number of carbonyl (C=O) groups excluding carboxylic acids is 2. The molecule has 0 N–H and O–H groups in total. The molecule has 0 saturated heterocycles. The van der Waals surface area contributed by atoms with E-state index < -0.39 is 5.97 Å². The number of aromatic nitrogens is 3. The van der Waals surface area contributed by atoms with Crippen molar-refractivity contribution in [3.63, 3.8) is 0 Å². The van der Waals surface area contributed by atoms with E-state index in [1.165, 1.54) is 11.6 Å². The number of Topliss-reactive ketones (excluding diaryl/α,β-unsaturated/α-hetero) is 1. The summed E-state index contributed by atoms with van der Waals surface area (Å²) in [5.74, 6) is -0.438. The van der Waals surface area contributed by atoms with Crippen LogP contribution < -0.4 is 0 Å². The van der Waals surface area contributed by atoms with Gasteiger partial charge >= 0.3 is 5.97 Å². The molecule has 1 heterocycles. The number of ether oxygens (including phenoxy) is 1. The Labute approximate surface area is 116 Å². The van der Waals surface area contributed by atoms with Crippen LogP contribution in [0, 0.1) is 13.8 Å². The van der Waals surface area contributed by atoms with E-state index in [2.05, 4.69) is 10.3 Å². The van der Waals surface area contributed by atoms with E-state index in [4.69, 9.17) is 4.74 Å². The lowest BCUT2D eigenvalue weighted by atomic mass is 10.1. The van der Waals surface area contributed by atoms with Gasteiger partial charge in [0.05, 0.1) is 11.9 Å². The first-order valence-electron chi connectivity index (χ1n) is 6.43. The number of aryl methyl sites for hydroxylation is 2. The van der Waals surface area contributed by atoms with E-state index in [1.807, 2.05) is 26.0 Å². The van der Waals surface area contributed by atoms with E-state index in [-0.39, 0.29) is 25.4 Å². The molecule has 2 aromatic rings. The Morgan fingerprint density at radius 3 is 2.60 bits per heavy atom. The second-order valence-corrected chi connectivity index (χ2v) is 4.86. The van der Waals surface area contributed by atoms with E-state index in [0.29, 0.717) is 0 Å². The van der Waals surface area contributed by atoms with Crippen molar-refractivity contribution < 1.29 is 14.3 Å². The van der Waals surface area contributed by atoms with Crippen molar-refractivity contribution >= 4 is 22.8 Å². The molecule has 0 aliphatic carbocycles. The summed E-state index contributed by atoms with van der Waals surface area (Å²) in [5.41, 5.74) is 3.87. The van der Waals surface area contributed by atoms with Crippen LogP contribution in [0.5, 0.6) is 0 Å². The standard InChI is InChI=1S/C14H17N3O3/c1-9-6-12-13(7-10(9)2)17(16-15-12)8-20-14(19)5-4-11(3)18/h6-7H,4-5,8H2,1-3H3. The Morgan fingerprint density at radius 1 is 1.20 bits per heavy atom. The summed E-state index contributed by atoms with van der Waals surface area (Å²) in [7, 11) is 0. The average Bonchev–Trinajstić information content (AvgIpc) is 2.77. The molecule has 2 rings (SSSR count). The number of hydrogen-bond donors (Lipinski definition) is 0. The molecule has 0 radical (unpaired) electrons. The zero-order valence-electron chi connectivity index (χ0n) is 11.8. The molecule has 0 bridgehead atoms. The number of rotatable bonds is 5. The molecule has 0 fully saturated rings. The van der Waals surface area contributed by atoms with Crippen LogP contribution >= 0.6 is 0 Å². The third-order valence-electron chi connectivity index (χ3n) is 3.16. The van der Waals surface area contributed by atoms with Gasteiger partial charge in [0.25, 0.3) is 0 Å². The van der Waals surface area contributed by atoms with Crippen molar-refractivity contribution in [1.82, 2.24) is 15.0 Å². The predicted molar refractivity (Wildman–Crippen MR) is 73.0 cm³/mol.